The van der Waals surface area contributed by atoms with Crippen LogP contribution in [-0.2, 0) is 49.6 Å². The Labute approximate surface area is 359 Å². The van der Waals surface area contributed by atoms with Crippen LogP contribution in [0.5, 0.6) is 0 Å². The number of carbonyl (C=O) groups is 6. The number of rotatable bonds is 16. The molecule has 1 aromatic heterocycles. The molecule has 1 atom stereocenters. The molecule has 0 radical (unpaired) electrons. The van der Waals surface area contributed by atoms with Gasteiger partial charge in [-0.15, -0.1) is 0 Å². The minimum absolute atomic E-state index is 0. The SMILES string of the molecule is CC(C)(C)OC(=O)CN(C=O)CC(=O)OCc1ccccc1.CN1C[C@@H](C(=O)NCCOC2CCCCC2)CC1=O.O=C(CCCO)NC1CCCCC1.[HH].[HH].c1ccncc1. The third-order valence-corrected chi connectivity index (χ3v) is 9.59. The summed E-state index contributed by atoms with van der Waals surface area (Å²) in [6.07, 6.45) is 17.9. The van der Waals surface area contributed by atoms with Crippen molar-refractivity contribution in [1.82, 2.24) is 25.4 Å². The maximum absolute atomic E-state index is 11.8. The minimum Gasteiger partial charge on any atom is -0.459 e. The zero-order valence-corrected chi connectivity index (χ0v) is 36.2. The van der Waals surface area contributed by atoms with Crippen molar-refractivity contribution >= 4 is 36.1 Å². The van der Waals surface area contributed by atoms with Crippen LogP contribution in [0, 0.1) is 5.92 Å². The Bertz CT molecular complexity index is 1500. The number of carbonyl (C=O) groups excluding carboxylic acids is 6. The molecule has 5 rings (SSSR count). The van der Waals surface area contributed by atoms with Crippen LogP contribution in [0.4, 0.5) is 0 Å². The van der Waals surface area contributed by atoms with Crippen LogP contribution in [0.2, 0.25) is 0 Å². The van der Waals surface area contributed by atoms with Gasteiger partial charge in [0.25, 0.3) is 0 Å². The molecule has 0 spiro atoms. The molecular weight excluding hydrogens is 771 g/mol. The fourth-order valence-electron chi connectivity index (χ4n) is 6.53. The maximum Gasteiger partial charge on any atom is 0.326 e. The van der Waals surface area contributed by atoms with Gasteiger partial charge in [-0.05, 0) is 70.6 Å². The molecule has 2 aromatic rings. The van der Waals surface area contributed by atoms with Crippen LogP contribution < -0.4 is 10.6 Å². The molecule has 0 bridgehead atoms. The standard InChI is InChI=1S/C16H21NO5.C14H24N2O3.C10H19NO2.C5H5N.2H2/c1-16(2,3)22-15(20)10-17(12-18)9-14(19)21-11-13-7-5-4-6-8-13;1-16-10-11(9-13(16)17)14(18)15-7-8-19-12-5-3-2-4-6-12;12-8-4-7-10(13)11-9-5-2-1-3-6-9;1-2-4-6-5-3-1;;/h4-8,12H,9-11H2,1-3H3;11-12H,2-10H2,1H3,(H,15,18);9,12H,1-8H2,(H,11,13);1-5H;2*1H/t;11-;;;;/m.0..../s1. The molecular formula is C45H73N5O10. The molecule has 0 unspecified atom stereocenters. The van der Waals surface area contributed by atoms with Gasteiger partial charge in [-0.2, -0.15) is 0 Å². The molecule has 338 valence electrons. The number of nitrogens with one attached hydrogen (secondary N) is 2. The van der Waals surface area contributed by atoms with Crippen molar-refractivity contribution in [2.24, 2.45) is 5.92 Å². The average Bonchev–Trinajstić information content (AvgIpc) is 3.59. The summed E-state index contributed by atoms with van der Waals surface area (Å²) in [5, 5.41) is 14.4. The molecule has 3 fully saturated rings. The van der Waals surface area contributed by atoms with Gasteiger partial charge in [0.2, 0.25) is 24.1 Å². The van der Waals surface area contributed by atoms with E-state index in [0.717, 1.165) is 36.1 Å². The van der Waals surface area contributed by atoms with Crippen molar-refractivity contribution in [2.45, 2.75) is 129 Å². The molecule has 4 amide bonds. The van der Waals surface area contributed by atoms with Crippen molar-refractivity contribution in [1.29, 1.82) is 0 Å². The van der Waals surface area contributed by atoms with Crippen molar-refractivity contribution in [3.8, 4) is 0 Å². The number of amides is 4. The Morgan fingerprint density at radius 1 is 0.917 bits per heavy atom. The number of aliphatic hydroxyl groups is 1. The molecule has 15 nitrogen and oxygen atoms in total. The van der Waals surface area contributed by atoms with Gasteiger partial charge in [-0.3, -0.25) is 33.8 Å². The zero-order chi connectivity index (χ0) is 44.0. The third-order valence-electron chi connectivity index (χ3n) is 9.59. The van der Waals surface area contributed by atoms with Crippen LogP contribution in [0.15, 0.2) is 60.9 Å². The first-order valence-electron chi connectivity index (χ1n) is 21.3. The van der Waals surface area contributed by atoms with Gasteiger partial charge in [0.1, 0.15) is 25.3 Å². The minimum atomic E-state index is -0.639. The van der Waals surface area contributed by atoms with E-state index in [1.807, 2.05) is 48.5 Å². The highest BCUT2D eigenvalue weighted by atomic mass is 16.6. The number of likely N-dealkylation sites (tertiary alicyclic amines) is 1. The summed E-state index contributed by atoms with van der Waals surface area (Å²) in [5.74, 6) is -1.22. The van der Waals surface area contributed by atoms with E-state index in [1.54, 1.807) is 45.1 Å². The lowest BCUT2D eigenvalue weighted by Gasteiger charge is -2.22. The average molecular weight is 844 g/mol. The van der Waals surface area contributed by atoms with E-state index < -0.39 is 17.5 Å². The first kappa shape index (κ1) is 51.3. The van der Waals surface area contributed by atoms with Gasteiger partial charge in [-0.1, -0.05) is 74.9 Å². The van der Waals surface area contributed by atoms with Crippen molar-refractivity contribution in [3.63, 3.8) is 0 Å². The number of benzene rings is 1. The highest BCUT2D eigenvalue weighted by Gasteiger charge is 2.31. The summed E-state index contributed by atoms with van der Waals surface area (Å²) in [6, 6.07) is 15.3. The largest absolute Gasteiger partial charge is 0.459 e. The van der Waals surface area contributed by atoms with Crippen molar-refractivity contribution in [3.05, 3.63) is 66.5 Å². The van der Waals surface area contributed by atoms with Crippen LogP contribution in [-0.4, -0.2) is 120 Å². The highest BCUT2D eigenvalue weighted by molar-refractivity contribution is 5.89. The maximum atomic E-state index is 11.8. The Kier molecular flexibility index (Phi) is 25.8. The first-order valence-corrected chi connectivity index (χ1v) is 21.3. The number of nitrogens with zero attached hydrogens (tertiary/aromatic N) is 3. The molecule has 3 N–H and O–H groups in total. The van der Waals surface area contributed by atoms with Crippen molar-refractivity contribution < 1.29 is 50.9 Å². The molecule has 3 aliphatic rings. The van der Waals surface area contributed by atoms with Gasteiger partial charge in [-0.25, -0.2) is 0 Å². The Morgan fingerprint density at radius 2 is 1.53 bits per heavy atom. The summed E-state index contributed by atoms with van der Waals surface area (Å²) < 4.78 is 15.9. The number of esters is 2. The lowest BCUT2D eigenvalue weighted by Crippen LogP contribution is -2.37. The zero-order valence-electron chi connectivity index (χ0n) is 36.2. The second-order valence-electron chi connectivity index (χ2n) is 16.1. The fraction of sp³-hybridized carbons (Fsp3) is 0.622. The molecule has 15 heteroatoms. The van der Waals surface area contributed by atoms with E-state index in [2.05, 4.69) is 15.6 Å². The Hall–Kier alpha value is -4.89. The highest BCUT2D eigenvalue weighted by Crippen LogP contribution is 2.20. The first-order chi connectivity index (χ1) is 28.8. The topological polar surface area (TPSA) is 194 Å². The molecule has 1 aliphatic heterocycles. The molecule has 1 saturated heterocycles. The fourth-order valence-corrected chi connectivity index (χ4v) is 6.53. The smallest absolute Gasteiger partial charge is 0.326 e. The van der Waals surface area contributed by atoms with Crippen LogP contribution in [0.1, 0.15) is 113 Å². The van der Waals surface area contributed by atoms with E-state index in [0.29, 0.717) is 57.5 Å². The second-order valence-corrected chi connectivity index (χ2v) is 16.1. The summed E-state index contributed by atoms with van der Waals surface area (Å²) in [4.78, 5) is 75.1. The number of hydrogen-bond donors (Lipinski definition) is 3. The number of aliphatic hydroxyl groups excluding tert-OH is 1. The number of pyridine rings is 1. The lowest BCUT2D eigenvalue weighted by molar-refractivity contribution is -0.159. The molecule has 2 heterocycles. The van der Waals surface area contributed by atoms with E-state index >= 15 is 0 Å². The van der Waals surface area contributed by atoms with Gasteiger partial charge in [0.05, 0.1) is 18.6 Å². The molecule has 2 saturated carbocycles. The molecule has 2 aliphatic carbocycles. The third kappa shape index (κ3) is 24.9. The number of aromatic nitrogens is 1. The van der Waals surface area contributed by atoms with E-state index in [9.17, 15) is 28.8 Å². The Morgan fingerprint density at radius 3 is 2.07 bits per heavy atom. The van der Waals surface area contributed by atoms with E-state index in [1.165, 1.54) is 38.5 Å². The predicted octanol–water partition coefficient (Wildman–Crippen LogP) is 5.24. The molecule has 60 heavy (non-hydrogen) atoms. The summed E-state index contributed by atoms with van der Waals surface area (Å²) in [7, 11) is 1.74. The lowest BCUT2D eigenvalue weighted by atomic mass is 9.95. The van der Waals surface area contributed by atoms with Crippen LogP contribution in [0.25, 0.3) is 0 Å². The monoisotopic (exact) mass is 844 g/mol. The number of ether oxygens (including phenoxy) is 3. The molecule has 1 aromatic carbocycles. The summed E-state index contributed by atoms with van der Waals surface area (Å²) >= 11 is 0. The van der Waals surface area contributed by atoms with Crippen LogP contribution >= 0.6 is 0 Å². The van der Waals surface area contributed by atoms with E-state index in [4.69, 9.17) is 19.3 Å². The predicted molar refractivity (Wildman–Crippen MR) is 231 cm³/mol. The van der Waals surface area contributed by atoms with Gasteiger partial charge in [0, 0.05) is 60.9 Å². The van der Waals surface area contributed by atoms with E-state index in [-0.39, 0.29) is 52.8 Å². The van der Waals surface area contributed by atoms with Gasteiger partial charge < -0.3 is 39.8 Å². The summed E-state index contributed by atoms with van der Waals surface area (Å²) in [6.45, 7) is 6.48. The Balaban J connectivity index is 0.000000846. The normalized spacial score (nSPS) is 16.6. The van der Waals surface area contributed by atoms with Crippen molar-refractivity contribution in [2.75, 3.05) is 46.4 Å². The van der Waals surface area contributed by atoms with Crippen LogP contribution in [0.3, 0.4) is 0 Å². The van der Waals surface area contributed by atoms with Gasteiger partial charge in [0.15, 0.2) is 0 Å². The van der Waals surface area contributed by atoms with Gasteiger partial charge >= 0.3 is 11.9 Å². The quantitative estimate of drug-likeness (QED) is 0.114. The number of hydrogen-bond acceptors (Lipinski definition) is 11. The second kappa shape index (κ2) is 30.2. The summed E-state index contributed by atoms with van der Waals surface area (Å²) in [5.41, 5.74) is 0.208.